The van der Waals surface area contributed by atoms with Crippen LogP contribution in [0.4, 0.5) is 5.69 Å². The molecule has 0 bridgehead atoms. The summed E-state index contributed by atoms with van der Waals surface area (Å²) in [5.74, 6) is 0.797. The highest BCUT2D eigenvalue weighted by Crippen LogP contribution is 2.15. The van der Waals surface area contributed by atoms with Gasteiger partial charge in [0.25, 0.3) is 0 Å². The van der Waals surface area contributed by atoms with Crippen LogP contribution in [0, 0.1) is 5.92 Å². The van der Waals surface area contributed by atoms with E-state index in [9.17, 15) is 0 Å². The number of benzene rings is 1. The third-order valence-corrected chi connectivity index (χ3v) is 3.88. The smallest absolute Gasteiger partial charge is 0.0660 e. The summed E-state index contributed by atoms with van der Waals surface area (Å²) < 4.78 is 1.95. The van der Waals surface area contributed by atoms with Crippen molar-refractivity contribution in [3.8, 4) is 0 Å². The van der Waals surface area contributed by atoms with E-state index >= 15 is 0 Å². The minimum Gasteiger partial charge on any atom is -0.385 e. The van der Waals surface area contributed by atoms with Crippen LogP contribution in [0.5, 0.6) is 0 Å². The fourth-order valence-electron chi connectivity index (χ4n) is 2.71. The minimum atomic E-state index is 0.797. The monoisotopic (exact) mass is 270 g/mol. The summed E-state index contributed by atoms with van der Waals surface area (Å²) in [6.07, 6.45) is 6.37. The van der Waals surface area contributed by atoms with Crippen molar-refractivity contribution in [2.24, 2.45) is 5.92 Å². The highest BCUT2D eigenvalue weighted by atomic mass is 15.3. The summed E-state index contributed by atoms with van der Waals surface area (Å²) in [5.41, 5.74) is 2.50. The first-order chi connectivity index (χ1) is 9.90. The number of hydrogen-bond acceptors (Lipinski definition) is 3. The number of rotatable bonds is 5. The maximum Gasteiger partial charge on any atom is 0.0660 e. The molecule has 2 aromatic rings. The molecule has 2 heterocycles. The first-order valence-electron chi connectivity index (χ1n) is 7.41. The summed E-state index contributed by atoms with van der Waals surface area (Å²) in [6, 6.07) is 10.6. The number of hydrogen-bond donors (Lipinski definition) is 2. The summed E-state index contributed by atoms with van der Waals surface area (Å²) in [4.78, 5) is 0. The number of piperidine rings is 1. The Morgan fingerprint density at radius 3 is 2.95 bits per heavy atom. The van der Waals surface area contributed by atoms with Crippen LogP contribution in [0.2, 0.25) is 0 Å². The third-order valence-electron chi connectivity index (χ3n) is 3.88. The first kappa shape index (κ1) is 13.2. The molecule has 1 aromatic carbocycles. The normalized spacial score (nSPS) is 16.2. The van der Waals surface area contributed by atoms with Gasteiger partial charge in [-0.25, -0.2) is 0 Å². The zero-order valence-corrected chi connectivity index (χ0v) is 11.8. The first-order valence-corrected chi connectivity index (χ1v) is 7.41. The number of aromatic nitrogens is 2. The zero-order valence-electron chi connectivity index (χ0n) is 11.8. The van der Waals surface area contributed by atoms with Crippen molar-refractivity contribution in [1.29, 1.82) is 0 Å². The molecular weight excluding hydrogens is 248 g/mol. The molecule has 1 saturated heterocycles. The predicted octanol–water partition coefficient (Wildman–Crippen LogP) is 2.34. The highest BCUT2D eigenvalue weighted by Gasteiger charge is 2.12. The van der Waals surface area contributed by atoms with Crippen LogP contribution >= 0.6 is 0 Å². The van der Waals surface area contributed by atoms with Crippen LogP contribution in [-0.4, -0.2) is 29.4 Å². The molecule has 20 heavy (non-hydrogen) atoms. The molecule has 2 N–H and O–H groups in total. The second-order valence-electron chi connectivity index (χ2n) is 5.48. The van der Waals surface area contributed by atoms with Crippen molar-refractivity contribution in [3.05, 3.63) is 48.3 Å². The Bertz CT molecular complexity index is 515. The summed E-state index contributed by atoms with van der Waals surface area (Å²) >= 11 is 0. The van der Waals surface area contributed by atoms with Gasteiger partial charge >= 0.3 is 0 Å². The van der Waals surface area contributed by atoms with Crippen molar-refractivity contribution in [2.75, 3.05) is 25.0 Å². The largest absolute Gasteiger partial charge is 0.385 e. The van der Waals surface area contributed by atoms with Gasteiger partial charge in [-0.3, -0.25) is 4.68 Å². The molecule has 4 heteroatoms. The lowest BCUT2D eigenvalue weighted by molar-refractivity contribution is 0.390. The molecule has 0 spiro atoms. The Hall–Kier alpha value is -1.81. The molecule has 1 fully saturated rings. The van der Waals surface area contributed by atoms with Gasteiger partial charge < -0.3 is 10.6 Å². The Morgan fingerprint density at radius 1 is 1.25 bits per heavy atom. The van der Waals surface area contributed by atoms with Gasteiger partial charge in [-0.2, -0.15) is 5.10 Å². The maximum atomic E-state index is 4.25. The van der Waals surface area contributed by atoms with Crippen LogP contribution in [0.1, 0.15) is 18.4 Å². The Balaban J connectivity index is 1.56. The van der Waals surface area contributed by atoms with Crippen LogP contribution in [0.15, 0.2) is 42.7 Å². The number of nitrogens with zero attached hydrogens (tertiary/aromatic N) is 2. The quantitative estimate of drug-likeness (QED) is 0.876. The van der Waals surface area contributed by atoms with Crippen molar-refractivity contribution >= 4 is 5.69 Å². The summed E-state index contributed by atoms with van der Waals surface area (Å²) in [7, 11) is 0. The molecule has 106 valence electrons. The Labute approximate surface area is 120 Å². The van der Waals surface area contributed by atoms with Gasteiger partial charge in [-0.15, -0.1) is 0 Å². The van der Waals surface area contributed by atoms with Gasteiger partial charge in [0.2, 0.25) is 0 Å². The van der Waals surface area contributed by atoms with E-state index in [1.165, 1.54) is 24.1 Å². The zero-order chi connectivity index (χ0) is 13.6. The van der Waals surface area contributed by atoms with E-state index < -0.39 is 0 Å². The molecule has 1 aliphatic rings. The third kappa shape index (κ3) is 3.61. The highest BCUT2D eigenvalue weighted by molar-refractivity contribution is 5.45. The van der Waals surface area contributed by atoms with Gasteiger partial charge in [-0.1, -0.05) is 12.1 Å². The molecule has 0 radical (unpaired) electrons. The van der Waals surface area contributed by atoms with E-state index in [-0.39, 0.29) is 0 Å². The van der Waals surface area contributed by atoms with Crippen molar-refractivity contribution in [1.82, 2.24) is 15.1 Å². The van der Waals surface area contributed by atoms with E-state index in [0.29, 0.717) is 0 Å². The Morgan fingerprint density at radius 2 is 2.15 bits per heavy atom. The fourth-order valence-corrected chi connectivity index (χ4v) is 2.71. The topological polar surface area (TPSA) is 41.9 Å². The second kappa shape index (κ2) is 6.57. The van der Waals surface area contributed by atoms with E-state index in [1.807, 2.05) is 23.1 Å². The van der Waals surface area contributed by atoms with Gasteiger partial charge in [0.15, 0.2) is 0 Å². The lowest BCUT2D eigenvalue weighted by Crippen LogP contribution is -2.31. The number of anilines is 1. The molecule has 0 aliphatic carbocycles. The number of nitrogens with one attached hydrogen (secondary N) is 2. The van der Waals surface area contributed by atoms with Crippen LogP contribution in [0.25, 0.3) is 0 Å². The van der Waals surface area contributed by atoms with Gasteiger partial charge in [0.05, 0.1) is 6.54 Å². The van der Waals surface area contributed by atoms with Crippen LogP contribution in [-0.2, 0) is 6.54 Å². The standard InChI is InChI=1S/C16H22N4/c1-3-15(13-20-10-2-7-19-20)11-16(4-1)18-12-14-5-8-17-9-6-14/h1-4,7,10-11,14,17-18H,5-6,8-9,12-13H2. The maximum absolute atomic E-state index is 4.25. The van der Waals surface area contributed by atoms with Crippen LogP contribution in [0.3, 0.4) is 0 Å². The Kier molecular flexibility index (Phi) is 4.33. The molecule has 0 atom stereocenters. The molecule has 3 rings (SSSR count). The molecule has 1 aliphatic heterocycles. The van der Waals surface area contributed by atoms with Gasteiger partial charge in [-0.05, 0) is 55.6 Å². The van der Waals surface area contributed by atoms with Gasteiger partial charge in [0.1, 0.15) is 0 Å². The van der Waals surface area contributed by atoms with Crippen molar-refractivity contribution < 1.29 is 0 Å². The molecule has 0 saturated carbocycles. The second-order valence-corrected chi connectivity index (χ2v) is 5.48. The fraction of sp³-hybridized carbons (Fsp3) is 0.438. The molecule has 0 amide bonds. The molecule has 1 aromatic heterocycles. The molecular formula is C16H22N4. The summed E-state index contributed by atoms with van der Waals surface area (Å²) in [5, 5.41) is 11.2. The predicted molar refractivity (Wildman–Crippen MR) is 81.9 cm³/mol. The van der Waals surface area contributed by atoms with Crippen LogP contribution < -0.4 is 10.6 Å². The van der Waals surface area contributed by atoms with E-state index in [1.54, 1.807) is 0 Å². The lowest BCUT2D eigenvalue weighted by atomic mass is 9.98. The summed E-state index contributed by atoms with van der Waals surface area (Å²) in [6.45, 7) is 4.22. The average Bonchev–Trinajstić information content (AvgIpc) is 3.00. The average molecular weight is 270 g/mol. The molecule has 0 unspecified atom stereocenters. The van der Waals surface area contributed by atoms with Crippen molar-refractivity contribution in [2.45, 2.75) is 19.4 Å². The molecule has 4 nitrogen and oxygen atoms in total. The lowest BCUT2D eigenvalue weighted by Gasteiger charge is -2.23. The SMILES string of the molecule is c1cc(Cn2cccn2)cc(NCC2CCNCC2)c1. The van der Waals surface area contributed by atoms with E-state index in [2.05, 4.69) is 40.0 Å². The van der Waals surface area contributed by atoms with Gasteiger partial charge in [0, 0.05) is 24.6 Å². The van der Waals surface area contributed by atoms with E-state index in [4.69, 9.17) is 0 Å². The minimum absolute atomic E-state index is 0.797. The van der Waals surface area contributed by atoms with Crippen molar-refractivity contribution in [3.63, 3.8) is 0 Å². The van der Waals surface area contributed by atoms with E-state index in [0.717, 1.165) is 32.1 Å².